The van der Waals surface area contributed by atoms with Gasteiger partial charge in [0.1, 0.15) is 11.8 Å². The van der Waals surface area contributed by atoms with E-state index in [2.05, 4.69) is 28.2 Å². The molecule has 0 aromatic heterocycles. The van der Waals surface area contributed by atoms with Crippen LogP contribution in [0.3, 0.4) is 0 Å². The molecule has 3 aromatic rings. The monoisotopic (exact) mass is 717 g/mol. The molecular formula is C39H51N5O6S. The summed E-state index contributed by atoms with van der Waals surface area (Å²) in [5.74, 6) is -0.787. The number of hydrogen-bond donors (Lipinski definition) is 6. The number of hydrogen-bond acceptors (Lipinski definition) is 9. The third-order valence-electron chi connectivity index (χ3n) is 9.55. The van der Waals surface area contributed by atoms with Crippen molar-refractivity contribution in [3.05, 3.63) is 94.5 Å². The number of aliphatic hydroxyl groups excluding tert-OH is 2. The largest absolute Gasteiger partial charge is 0.483 e. The summed E-state index contributed by atoms with van der Waals surface area (Å²) < 4.78 is 5.31. The minimum atomic E-state index is -1.65. The second kappa shape index (κ2) is 16.9. The molecule has 0 spiro atoms. The van der Waals surface area contributed by atoms with E-state index in [1.807, 2.05) is 94.4 Å². The van der Waals surface area contributed by atoms with Crippen LogP contribution in [0.4, 0.5) is 5.69 Å². The fourth-order valence-corrected chi connectivity index (χ4v) is 8.12. The van der Waals surface area contributed by atoms with E-state index in [4.69, 9.17) is 4.74 Å². The summed E-state index contributed by atoms with van der Waals surface area (Å²) in [6, 6.07) is 18.3. The van der Waals surface area contributed by atoms with Gasteiger partial charge in [-0.15, -0.1) is 11.8 Å². The van der Waals surface area contributed by atoms with E-state index in [0.717, 1.165) is 53.1 Å². The fraction of sp³-hybridized carbons (Fsp3) is 0.462. The van der Waals surface area contributed by atoms with Crippen molar-refractivity contribution in [3.8, 4) is 5.75 Å². The molecule has 11 nitrogen and oxygen atoms in total. The van der Waals surface area contributed by atoms with Gasteiger partial charge < -0.3 is 41.1 Å². The van der Waals surface area contributed by atoms with Crippen LogP contribution in [0.1, 0.15) is 54.6 Å². The van der Waals surface area contributed by atoms with Crippen molar-refractivity contribution in [1.29, 1.82) is 0 Å². The summed E-state index contributed by atoms with van der Waals surface area (Å²) in [5.41, 5.74) is 5.35. The van der Waals surface area contributed by atoms with Crippen LogP contribution in [0.25, 0.3) is 0 Å². The van der Waals surface area contributed by atoms with Crippen LogP contribution < -0.4 is 26.0 Å². The Hall–Kier alpha value is -4.10. The van der Waals surface area contributed by atoms with Crippen LogP contribution in [-0.2, 0) is 27.2 Å². The van der Waals surface area contributed by atoms with Crippen molar-refractivity contribution in [2.45, 2.75) is 82.5 Å². The van der Waals surface area contributed by atoms with Gasteiger partial charge in [-0.25, -0.2) is 0 Å². The van der Waals surface area contributed by atoms with E-state index in [0.29, 0.717) is 12.2 Å². The van der Waals surface area contributed by atoms with E-state index in [1.165, 1.54) is 16.7 Å². The Labute approximate surface area is 304 Å². The van der Waals surface area contributed by atoms with Crippen molar-refractivity contribution in [2.24, 2.45) is 0 Å². The number of fused-ring (bicyclic) bond motifs is 1. The third-order valence-corrected chi connectivity index (χ3v) is 10.9. The summed E-state index contributed by atoms with van der Waals surface area (Å²) in [6.45, 7) is 11.9. The summed E-state index contributed by atoms with van der Waals surface area (Å²) in [6.07, 6.45) is -1.83. The molecule has 6 N–H and O–H groups in total. The molecule has 3 amide bonds. The van der Waals surface area contributed by atoms with Gasteiger partial charge in [-0.3, -0.25) is 14.4 Å². The molecule has 1 aliphatic heterocycles. The van der Waals surface area contributed by atoms with Gasteiger partial charge in [0.25, 0.3) is 11.8 Å². The SMILES string of the molecule is CCNCCNc1cc(C)c(OCC(=O)N[C@@H](Cc2ccccc2)[C@H](O)C(=O)N2CSC(C)(C)[C@H]2C(=O)N[C@H]2c3ccccc3C[C@H]2O)c(C)c1. The smallest absolute Gasteiger partial charge is 0.258 e. The predicted octanol–water partition coefficient (Wildman–Crippen LogP) is 3.25. The highest BCUT2D eigenvalue weighted by molar-refractivity contribution is 8.00. The van der Waals surface area contributed by atoms with Crippen LogP contribution >= 0.6 is 11.8 Å². The predicted molar refractivity (Wildman–Crippen MR) is 201 cm³/mol. The van der Waals surface area contributed by atoms with Crippen molar-refractivity contribution in [2.75, 3.05) is 37.4 Å². The highest BCUT2D eigenvalue weighted by atomic mass is 32.2. The molecule has 5 atom stereocenters. The molecule has 0 saturated carbocycles. The summed E-state index contributed by atoms with van der Waals surface area (Å²) in [5, 5.41) is 35.0. The van der Waals surface area contributed by atoms with Gasteiger partial charge in [-0.1, -0.05) is 61.5 Å². The first-order valence-electron chi connectivity index (χ1n) is 17.6. The summed E-state index contributed by atoms with van der Waals surface area (Å²) in [4.78, 5) is 42.8. The number of thioether (sulfide) groups is 1. The zero-order valence-electron chi connectivity index (χ0n) is 30.1. The molecule has 12 heteroatoms. The molecule has 0 unspecified atom stereocenters. The van der Waals surface area contributed by atoms with Crippen molar-refractivity contribution in [1.82, 2.24) is 20.9 Å². The number of ether oxygens (including phenoxy) is 1. The molecule has 0 bridgehead atoms. The molecule has 51 heavy (non-hydrogen) atoms. The first kappa shape index (κ1) is 38.1. The Balaban J connectivity index is 1.28. The average Bonchev–Trinajstić information content (AvgIpc) is 3.59. The van der Waals surface area contributed by atoms with E-state index < -0.39 is 52.8 Å². The summed E-state index contributed by atoms with van der Waals surface area (Å²) >= 11 is 1.44. The van der Waals surface area contributed by atoms with E-state index >= 15 is 0 Å². The zero-order chi connectivity index (χ0) is 36.7. The third kappa shape index (κ3) is 9.23. The first-order chi connectivity index (χ1) is 24.4. The Morgan fingerprint density at radius 2 is 1.71 bits per heavy atom. The highest BCUT2D eigenvalue weighted by Gasteiger charge is 2.50. The molecule has 1 saturated heterocycles. The Bertz CT molecular complexity index is 1660. The molecule has 5 rings (SSSR count). The highest BCUT2D eigenvalue weighted by Crippen LogP contribution is 2.41. The zero-order valence-corrected chi connectivity index (χ0v) is 30.9. The number of nitrogens with one attached hydrogen (secondary N) is 4. The van der Waals surface area contributed by atoms with Crippen LogP contribution in [0.2, 0.25) is 0 Å². The van der Waals surface area contributed by atoms with E-state index in [9.17, 15) is 24.6 Å². The maximum absolute atomic E-state index is 14.1. The van der Waals surface area contributed by atoms with Crippen LogP contribution in [0, 0.1) is 13.8 Å². The van der Waals surface area contributed by atoms with Crippen LogP contribution in [0.15, 0.2) is 66.7 Å². The molecular weight excluding hydrogens is 667 g/mol. The number of amides is 3. The van der Waals surface area contributed by atoms with Crippen molar-refractivity contribution in [3.63, 3.8) is 0 Å². The van der Waals surface area contributed by atoms with Gasteiger partial charge in [0.2, 0.25) is 5.91 Å². The number of likely N-dealkylation sites (N-methyl/N-ethyl adjacent to an activating group) is 1. The van der Waals surface area contributed by atoms with Gasteiger partial charge >= 0.3 is 0 Å². The second-order valence-corrected chi connectivity index (χ2v) is 15.5. The second-order valence-electron chi connectivity index (χ2n) is 13.9. The molecule has 1 heterocycles. The Morgan fingerprint density at radius 3 is 2.41 bits per heavy atom. The van der Waals surface area contributed by atoms with E-state index in [1.54, 1.807) is 0 Å². The molecule has 1 aliphatic carbocycles. The minimum absolute atomic E-state index is 0.178. The van der Waals surface area contributed by atoms with Gasteiger partial charge in [-0.05, 0) is 80.6 Å². The lowest BCUT2D eigenvalue weighted by Gasteiger charge is -2.34. The number of anilines is 1. The Morgan fingerprint density at radius 1 is 1.02 bits per heavy atom. The number of carbonyl (C=O) groups is 3. The normalized spacial score (nSPS) is 20.3. The lowest BCUT2D eigenvalue weighted by atomic mass is 9.96. The quantitative estimate of drug-likeness (QED) is 0.130. The molecule has 274 valence electrons. The molecule has 3 aromatic carbocycles. The van der Waals surface area contributed by atoms with Gasteiger partial charge in [-0.2, -0.15) is 0 Å². The number of benzene rings is 3. The maximum atomic E-state index is 14.1. The van der Waals surface area contributed by atoms with Gasteiger partial charge in [0.05, 0.1) is 24.1 Å². The maximum Gasteiger partial charge on any atom is 0.258 e. The fourth-order valence-electron chi connectivity index (χ4n) is 6.98. The lowest BCUT2D eigenvalue weighted by molar-refractivity contribution is -0.148. The minimum Gasteiger partial charge on any atom is -0.483 e. The van der Waals surface area contributed by atoms with Gasteiger partial charge in [0, 0.05) is 29.9 Å². The number of nitrogens with zero attached hydrogens (tertiary/aromatic N) is 1. The first-order valence-corrected chi connectivity index (χ1v) is 18.6. The number of rotatable bonds is 15. The van der Waals surface area contributed by atoms with Gasteiger partial charge in [0.15, 0.2) is 12.7 Å². The van der Waals surface area contributed by atoms with Crippen LogP contribution in [-0.4, -0.2) is 94.0 Å². The number of aliphatic hydroxyl groups is 2. The Kier molecular flexibility index (Phi) is 12.7. The molecule has 1 fully saturated rings. The molecule has 0 radical (unpaired) electrons. The topological polar surface area (TPSA) is 152 Å². The van der Waals surface area contributed by atoms with Crippen LogP contribution in [0.5, 0.6) is 5.75 Å². The van der Waals surface area contributed by atoms with Crippen molar-refractivity contribution < 1.29 is 29.3 Å². The average molecular weight is 718 g/mol. The van der Waals surface area contributed by atoms with E-state index in [-0.39, 0.29) is 18.9 Å². The van der Waals surface area contributed by atoms with Crippen molar-refractivity contribution >= 4 is 35.2 Å². The molecule has 2 aliphatic rings. The summed E-state index contributed by atoms with van der Waals surface area (Å²) in [7, 11) is 0. The number of carbonyl (C=O) groups excluding carboxylic acids is 3. The lowest BCUT2D eigenvalue weighted by Crippen LogP contribution is -2.59. The number of aryl methyl sites for hydroxylation is 2. The standard InChI is InChI=1S/C39H51N5O6S/c1-6-40-16-17-41-28-18-24(2)35(25(3)19-28)50-22-32(46)42-30(20-26-12-8-7-9-13-26)34(47)38(49)44-23-51-39(4,5)36(44)37(48)43-33-29-15-11-10-14-27(29)21-31(33)45/h7-15,18-19,30-31,33-34,36,40-41,45,47H,6,16-17,20-23H2,1-5H3,(H,42,46)(H,43,48)/t30-,31+,33-,34-,36+/m0/s1.